The van der Waals surface area contributed by atoms with Gasteiger partial charge < -0.3 is 0 Å². The molecule has 0 spiro atoms. The topological polar surface area (TPSA) is 0 Å². The molecule has 0 aromatic heterocycles. The van der Waals surface area contributed by atoms with E-state index >= 15 is 0 Å². The average Bonchev–Trinajstić information content (AvgIpc) is 3.54. The monoisotopic (exact) mass is 873 g/mol. The Bertz CT molecular complexity index is 1870. The van der Waals surface area contributed by atoms with Gasteiger partial charge in [-0.15, -0.1) is 0 Å². The molecule has 273 valence electrons. The van der Waals surface area contributed by atoms with Crippen LogP contribution in [0.25, 0.3) is 34.4 Å². The standard InChI is InChI=1S/2C24H29.C2H7Si.Hf/c2*1-16-11-17-9-8-10-21(22(17)12-16)18-13-19(23(2,3)4)15-20(14-18)24(5,6)7;1-3-2;/h2*8-15H,1-7H3;3H,1-2H3;. The molecule has 2 atom stereocenters. The maximum atomic E-state index is 2.69. The third-order valence-electron chi connectivity index (χ3n) is 11.8. The van der Waals surface area contributed by atoms with Crippen molar-refractivity contribution in [1.82, 2.24) is 0 Å². The number of hydrogen-bond donors (Lipinski definition) is 0. The van der Waals surface area contributed by atoms with E-state index in [0.717, 1.165) is 0 Å². The van der Waals surface area contributed by atoms with Crippen LogP contribution in [-0.2, 0) is 42.3 Å². The molecule has 0 amide bonds. The van der Waals surface area contributed by atoms with Crippen molar-refractivity contribution in [2.75, 3.05) is 0 Å². The van der Waals surface area contributed by atoms with Gasteiger partial charge in [-0.25, -0.2) is 0 Å². The van der Waals surface area contributed by atoms with Crippen molar-refractivity contribution in [2.24, 2.45) is 0 Å². The Morgan fingerprint density at radius 2 is 0.769 bits per heavy atom. The average molecular weight is 873 g/mol. The predicted octanol–water partition coefficient (Wildman–Crippen LogP) is 14.4. The van der Waals surface area contributed by atoms with E-state index in [0.29, 0.717) is 7.35 Å². The van der Waals surface area contributed by atoms with Crippen LogP contribution >= 0.6 is 0 Å². The summed E-state index contributed by atoms with van der Waals surface area (Å²) in [6.07, 6.45) is 5.21. The summed E-state index contributed by atoms with van der Waals surface area (Å²) in [7, 11) is 0. The molecule has 2 unspecified atom stereocenters. The van der Waals surface area contributed by atoms with Gasteiger partial charge >= 0.3 is 328 Å². The summed E-state index contributed by atoms with van der Waals surface area (Å²) in [5.41, 5.74) is 21.2. The maximum absolute atomic E-state index is 2.69. The predicted molar refractivity (Wildman–Crippen MR) is 230 cm³/mol. The van der Waals surface area contributed by atoms with Crippen LogP contribution < -0.4 is 0 Å². The Morgan fingerprint density at radius 3 is 1.04 bits per heavy atom. The van der Waals surface area contributed by atoms with Crippen LogP contribution in [0.2, 0.25) is 13.1 Å². The first-order chi connectivity index (χ1) is 24.0. The molecule has 0 bridgehead atoms. The molecule has 0 N–H and O–H groups in total. The van der Waals surface area contributed by atoms with Crippen LogP contribution in [0, 0.1) is 0 Å². The van der Waals surface area contributed by atoms with Crippen molar-refractivity contribution in [3.63, 3.8) is 0 Å². The fourth-order valence-electron chi connectivity index (χ4n) is 8.62. The second kappa shape index (κ2) is 13.6. The summed E-state index contributed by atoms with van der Waals surface area (Å²) in [4.78, 5) is 0. The normalized spacial score (nSPS) is 17.6. The second-order valence-corrected chi connectivity index (χ2v) is 48.5. The Hall–Kier alpha value is -2.55. The molecular weight excluding hydrogens is 807 g/mol. The quantitative estimate of drug-likeness (QED) is 0.175. The third kappa shape index (κ3) is 7.42. The number of allylic oxidation sites excluding steroid dienone is 2. The van der Waals surface area contributed by atoms with E-state index in [4.69, 9.17) is 0 Å². The summed E-state index contributed by atoms with van der Waals surface area (Å²) >= 11 is -2.42. The van der Waals surface area contributed by atoms with Gasteiger partial charge in [-0.2, -0.15) is 0 Å². The zero-order valence-electron chi connectivity index (χ0n) is 35.3. The van der Waals surface area contributed by atoms with Crippen molar-refractivity contribution >= 4 is 18.1 Å². The van der Waals surface area contributed by atoms with Crippen LogP contribution in [0.15, 0.2) is 83.9 Å². The van der Waals surface area contributed by atoms with Gasteiger partial charge in [0.2, 0.25) is 0 Å². The van der Waals surface area contributed by atoms with Gasteiger partial charge in [-0.05, 0) is 0 Å². The van der Waals surface area contributed by atoms with Crippen molar-refractivity contribution in [3.05, 3.63) is 128 Å². The van der Waals surface area contributed by atoms with Crippen molar-refractivity contribution in [1.29, 1.82) is 0 Å². The number of hydrogen-bond acceptors (Lipinski definition) is 0. The van der Waals surface area contributed by atoms with Crippen molar-refractivity contribution in [2.45, 2.75) is 139 Å². The van der Waals surface area contributed by atoms with Crippen LogP contribution in [0.4, 0.5) is 0 Å². The van der Waals surface area contributed by atoms with Crippen molar-refractivity contribution < 1.29 is 20.6 Å². The summed E-state index contributed by atoms with van der Waals surface area (Å²) < 4.78 is 1.28. The van der Waals surface area contributed by atoms with Crippen molar-refractivity contribution in [3.8, 4) is 22.3 Å². The summed E-state index contributed by atoms with van der Waals surface area (Å²) in [5, 5.41) is 0. The van der Waals surface area contributed by atoms with E-state index in [1.807, 2.05) is 0 Å². The fourth-order valence-corrected chi connectivity index (χ4v) is 41.5. The fraction of sp³-hybridized carbons (Fsp3) is 0.440. The third-order valence-corrected chi connectivity index (χ3v) is 43.3. The Morgan fingerprint density at radius 1 is 0.462 bits per heavy atom. The zero-order chi connectivity index (χ0) is 38.3. The molecule has 2 aliphatic rings. The van der Waals surface area contributed by atoms with Gasteiger partial charge in [0.25, 0.3) is 0 Å². The molecule has 0 saturated carbocycles. The minimum atomic E-state index is -2.42. The van der Waals surface area contributed by atoms with Crippen LogP contribution in [0.5, 0.6) is 0 Å². The minimum absolute atomic E-state index is 0.0914. The molecule has 0 radical (unpaired) electrons. The van der Waals surface area contributed by atoms with Gasteiger partial charge in [0.05, 0.1) is 0 Å². The van der Waals surface area contributed by atoms with E-state index in [1.54, 1.807) is 22.3 Å². The van der Waals surface area contributed by atoms with Gasteiger partial charge in [0.15, 0.2) is 0 Å². The van der Waals surface area contributed by atoms with E-state index in [-0.39, 0.29) is 21.7 Å². The second-order valence-electron chi connectivity index (χ2n) is 20.5. The van der Waals surface area contributed by atoms with Gasteiger partial charge in [-0.3, -0.25) is 0 Å². The number of rotatable bonds is 5. The Labute approximate surface area is 326 Å². The van der Waals surface area contributed by atoms with E-state index < -0.39 is 26.6 Å². The molecule has 2 heteroatoms. The van der Waals surface area contributed by atoms with Gasteiger partial charge in [0, 0.05) is 0 Å². The summed E-state index contributed by atoms with van der Waals surface area (Å²) in [6, 6.07) is 29.4. The molecule has 0 saturated heterocycles. The summed E-state index contributed by atoms with van der Waals surface area (Å²) in [5.74, 6) is -0.958. The molecule has 4 aromatic carbocycles. The molecule has 6 rings (SSSR count). The Kier molecular flexibility index (Phi) is 10.3. The molecule has 2 aliphatic carbocycles. The molecule has 0 aliphatic heterocycles. The van der Waals surface area contributed by atoms with E-state index in [9.17, 15) is 0 Å². The molecule has 0 heterocycles. The molecule has 52 heavy (non-hydrogen) atoms. The molecule has 0 fully saturated rings. The van der Waals surface area contributed by atoms with Gasteiger partial charge in [-0.1, -0.05) is 0 Å². The van der Waals surface area contributed by atoms with Crippen LogP contribution in [0.3, 0.4) is 0 Å². The Balaban J connectivity index is 1.48. The first-order valence-electron chi connectivity index (χ1n) is 19.8. The van der Waals surface area contributed by atoms with Crippen LogP contribution in [0.1, 0.15) is 149 Å². The zero-order valence-corrected chi connectivity index (χ0v) is 40.1. The first kappa shape index (κ1) is 39.1. The molecule has 0 nitrogen and oxygen atoms in total. The summed E-state index contributed by atoms with van der Waals surface area (Å²) in [6.45, 7) is 38.6. The molecule has 4 aromatic rings. The number of benzene rings is 4. The number of fused-ring (bicyclic) bond motifs is 2. The SMILES string of the molecule is CC1=Cc2c(-c3cc(C(C)(C)C)cc(C(C)(C)C)c3)cccc2[CH]1[Hf]([CH]1C(C)=Cc2c(-c3cc(C(C)(C)C)cc(C(C)(C)C)c3)cccc21)[SiH](C)C. The molecular formula is C50H65HfSi. The van der Waals surface area contributed by atoms with E-state index in [1.165, 1.54) is 55.6 Å². The first-order valence-corrected chi connectivity index (χ1v) is 33.0. The van der Waals surface area contributed by atoms with E-state index in [2.05, 4.69) is 195 Å². The van der Waals surface area contributed by atoms with Crippen LogP contribution in [-0.4, -0.2) is 5.98 Å². The van der Waals surface area contributed by atoms with Gasteiger partial charge in [0.1, 0.15) is 0 Å².